The summed E-state index contributed by atoms with van der Waals surface area (Å²) in [6.45, 7) is 0. The Balaban J connectivity index is 0.000000490. The van der Waals surface area contributed by atoms with Gasteiger partial charge in [-0.05, 0) is 0 Å². The van der Waals surface area contributed by atoms with Crippen molar-refractivity contribution in [1.29, 1.82) is 5.26 Å². The second-order valence-electron chi connectivity index (χ2n) is 2.12. The van der Waals surface area contributed by atoms with Crippen molar-refractivity contribution in [1.82, 2.24) is 0 Å². The van der Waals surface area contributed by atoms with E-state index < -0.39 is 0 Å². The second-order valence-corrected chi connectivity index (χ2v) is 2.12. The Morgan fingerprint density at radius 1 is 1.62 bits per heavy atom. The predicted molar refractivity (Wildman–Crippen MR) is 26.5 cm³/mol. The minimum Gasteiger partial charge on any atom is -0.671 e. The average Bonchev–Trinajstić information content (AvgIpc) is 2.22. The Labute approximate surface area is 74.3 Å². The molecule has 1 aliphatic carbocycles. The molecule has 8 heavy (non-hydrogen) atoms. The topological polar surface area (TPSA) is 47.6 Å². The van der Waals surface area contributed by atoms with Crippen molar-refractivity contribution in [2.24, 2.45) is 0 Å². The first kappa shape index (κ1) is 8.55. The van der Waals surface area contributed by atoms with E-state index in [0.29, 0.717) is 6.42 Å². The second kappa shape index (κ2) is 2.91. The standard InChI is InChI=1S/C5H7N2.Y/c6-4-3-5(7)1-2-5;/h7H,1-3H2;/q-1;. The van der Waals surface area contributed by atoms with Gasteiger partial charge in [0.05, 0.1) is 6.07 Å². The van der Waals surface area contributed by atoms with Crippen molar-refractivity contribution in [2.45, 2.75) is 24.8 Å². The summed E-state index contributed by atoms with van der Waals surface area (Å²) in [5.41, 5.74) is 6.91. The molecule has 0 saturated heterocycles. The SMILES string of the molecule is N#CCC1([NH-])CC1.[Y]. The largest absolute Gasteiger partial charge is 0.671 e. The molecular weight excluding hydrogens is 177 g/mol. The van der Waals surface area contributed by atoms with Crippen LogP contribution in [0.25, 0.3) is 5.73 Å². The summed E-state index contributed by atoms with van der Waals surface area (Å²) < 4.78 is 0. The van der Waals surface area contributed by atoms with Gasteiger partial charge in [-0.25, -0.2) is 0 Å². The average molecular weight is 184 g/mol. The number of hydrogen-bond donors (Lipinski definition) is 0. The zero-order valence-electron chi connectivity index (χ0n) is 4.65. The van der Waals surface area contributed by atoms with Gasteiger partial charge in [-0.3, -0.25) is 0 Å². The van der Waals surface area contributed by atoms with Crippen molar-refractivity contribution >= 4 is 0 Å². The number of nitriles is 1. The summed E-state index contributed by atoms with van der Waals surface area (Å²) in [6, 6.07) is 1.98. The van der Waals surface area contributed by atoms with Gasteiger partial charge < -0.3 is 5.73 Å². The van der Waals surface area contributed by atoms with Crippen LogP contribution in [-0.2, 0) is 32.7 Å². The van der Waals surface area contributed by atoms with Crippen LogP contribution >= 0.6 is 0 Å². The van der Waals surface area contributed by atoms with E-state index in [9.17, 15) is 0 Å². The molecule has 0 aliphatic heterocycles. The van der Waals surface area contributed by atoms with Crippen molar-refractivity contribution in [3.8, 4) is 6.07 Å². The van der Waals surface area contributed by atoms with Crippen LogP contribution < -0.4 is 0 Å². The first-order chi connectivity index (χ1) is 3.27. The van der Waals surface area contributed by atoms with Crippen LogP contribution in [0.2, 0.25) is 0 Å². The molecule has 0 amide bonds. The maximum atomic E-state index is 8.07. The fourth-order valence-electron chi connectivity index (χ4n) is 0.479. The number of rotatable bonds is 1. The summed E-state index contributed by atoms with van der Waals surface area (Å²) >= 11 is 0. The van der Waals surface area contributed by atoms with E-state index in [1.807, 2.05) is 6.07 Å². The summed E-state index contributed by atoms with van der Waals surface area (Å²) in [4.78, 5) is 0. The molecule has 2 nitrogen and oxygen atoms in total. The number of hydrogen-bond acceptors (Lipinski definition) is 1. The molecule has 0 spiro atoms. The maximum Gasteiger partial charge on any atom is 0.0609 e. The minimum absolute atomic E-state index is 0. The third-order valence-electron chi connectivity index (χ3n) is 1.27. The van der Waals surface area contributed by atoms with Gasteiger partial charge in [-0.2, -0.15) is 5.26 Å². The number of nitrogens with one attached hydrogen (secondary N) is 1. The van der Waals surface area contributed by atoms with E-state index in [1.165, 1.54) is 0 Å². The van der Waals surface area contributed by atoms with Crippen molar-refractivity contribution < 1.29 is 32.7 Å². The smallest absolute Gasteiger partial charge is 0.0609 e. The van der Waals surface area contributed by atoms with Gasteiger partial charge in [0.15, 0.2) is 0 Å². The summed E-state index contributed by atoms with van der Waals surface area (Å²) in [6.07, 6.45) is 2.29. The maximum absolute atomic E-state index is 8.07. The molecule has 1 saturated carbocycles. The molecule has 1 aliphatic rings. The normalized spacial score (nSPS) is 20.5. The van der Waals surface area contributed by atoms with Crippen LogP contribution in [0.4, 0.5) is 0 Å². The first-order valence-corrected chi connectivity index (χ1v) is 2.39. The first-order valence-electron chi connectivity index (χ1n) is 2.39. The molecule has 0 bridgehead atoms. The van der Waals surface area contributed by atoms with Crippen molar-refractivity contribution in [3.05, 3.63) is 5.73 Å². The fourth-order valence-corrected chi connectivity index (χ4v) is 0.479. The minimum atomic E-state index is -0.311. The van der Waals surface area contributed by atoms with Crippen molar-refractivity contribution in [2.75, 3.05) is 0 Å². The molecule has 0 aromatic rings. The predicted octanol–water partition coefficient (Wildman–Crippen LogP) is 1.48. The molecule has 0 aromatic heterocycles. The van der Waals surface area contributed by atoms with Gasteiger partial charge in [-0.1, -0.05) is 12.8 Å². The third kappa shape index (κ3) is 2.21. The quantitative estimate of drug-likeness (QED) is 0.608. The van der Waals surface area contributed by atoms with E-state index >= 15 is 0 Å². The van der Waals surface area contributed by atoms with Gasteiger partial charge in [0.1, 0.15) is 0 Å². The van der Waals surface area contributed by atoms with Gasteiger partial charge in [0.2, 0.25) is 0 Å². The molecule has 0 aromatic carbocycles. The number of nitrogens with zero attached hydrogens (tertiary/aromatic N) is 1. The zero-order chi connectivity index (χ0) is 5.33. The molecule has 1 fully saturated rings. The van der Waals surface area contributed by atoms with E-state index in [4.69, 9.17) is 11.0 Å². The molecule has 41 valence electrons. The molecule has 1 rings (SSSR count). The molecule has 1 N–H and O–H groups in total. The Morgan fingerprint density at radius 2 is 2.12 bits per heavy atom. The summed E-state index contributed by atoms with van der Waals surface area (Å²) in [7, 11) is 0. The van der Waals surface area contributed by atoms with E-state index in [2.05, 4.69) is 0 Å². The van der Waals surface area contributed by atoms with E-state index in [-0.39, 0.29) is 38.2 Å². The molecular formula is C5H7N2Y-. The van der Waals surface area contributed by atoms with Gasteiger partial charge in [0.25, 0.3) is 0 Å². The van der Waals surface area contributed by atoms with Crippen LogP contribution in [0.3, 0.4) is 0 Å². The monoisotopic (exact) mass is 184 g/mol. The Hall–Kier alpha value is 0.554. The molecule has 0 heterocycles. The van der Waals surface area contributed by atoms with Crippen LogP contribution in [0, 0.1) is 11.3 Å². The Kier molecular flexibility index (Phi) is 3.11. The molecule has 3 heteroatoms. The summed E-state index contributed by atoms with van der Waals surface area (Å²) in [5, 5.41) is 8.07. The molecule has 0 atom stereocenters. The fraction of sp³-hybridized carbons (Fsp3) is 0.800. The van der Waals surface area contributed by atoms with Crippen LogP contribution in [-0.4, -0.2) is 5.54 Å². The summed E-state index contributed by atoms with van der Waals surface area (Å²) in [5.74, 6) is 0. The van der Waals surface area contributed by atoms with Crippen LogP contribution in [0.15, 0.2) is 0 Å². The molecule has 1 radical (unpaired) electrons. The van der Waals surface area contributed by atoms with Gasteiger partial charge in [-0.15, -0.1) is 5.54 Å². The Morgan fingerprint density at radius 3 is 2.25 bits per heavy atom. The Bertz CT molecular complexity index is 112. The van der Waals surface area contributed by atoms with Crippen molar-refractivity contribution in [3.63, 3.8) is 0 Å². The van der Waals surface area contributed by atoms with Gasteiger partial charge in [0, 0.05) is 39.1 Å². The zero-order valence-corrected chi connectivity index (χ0v) is 7.48. The van der Waals surface area contributed by atoms with Crippen LogP contribution in [0.1, 0.15) is 19.3 Å². The molecule has 0 unspecified atom stereocenters. The van der Waals surface area contributed by atoms with Gasteiger partial charge >= 0.3 is 0 Å². The van der Waals surface area contributed by atoms with E-state index in [0.717, 1.165) is 12.8 Å². The van der Waals surface area contributed by atoms with E-state index in [1.54, 1.807) is 0 Å². The third-order valence-corrected chi connectivity index (χ3v) is 1.27. The van der Waals surface area contributed by atoms with Crippen LogP contribution in [0.5, 0.6) is 0 Å².